The molecule has 0 rings (SSSR count). The van der Waals surface area contributed by atoms with Gasteiger partial charge in [-0.1, -0.05) is 6.92 Å². The molecule has 0 saturated heterocycles. The number of ether oxygens (including phenoxy) is 2. The van der Waals surface area contributed by atoms with Gasteiger partial charge in [-0.25, -0.2) is 0 Å². The predicted octanol–water partition coefficient (Wildman–Crippen LogP) is -0.626. The first-order valence-electron chi connectivity index (χ1n) is 4.72. The number of carbonyl (C=O) groups excluding carboxylic acids is 1. The minimum Gasteiger partial charge on any atom is -0.382 e. The molecule has 0 aromatic carbocycles. The van der Waals surface area contributed by atoms with Crippen molar-refractivity contribution in [2.75, 3.05) is 40.5 Å². The molecule has 0 saturated carbocycles. The van der Waals surface area contributed by atoms with Crippen LogP contribution in [-0.4, -0.2) is 52.5 Å². The van der Waals surface area contributed by atoms with Crippen LogP contribution in [0.5, 0.6) is 0 Å². The fraction of sp³-hybridized carbons (Fsp3) is 0.889. The Kier molecular flexibility index (Phi) is 8.51. The van der Waals surface area contributed by atoms with E-state index in [1.165, 1.54) is 0 Å². The molecule has 0 aromatic rings. The van der Waals surface area contributed by atoms with Crippen molar-refractivity contribution in [3.63, 3.8) is 0 Å². The van der Waals surface area contributed by atoms with E-state index in [0.29, 0.717) is 19.8 Å². The summed E-state index contributed by atoms with van der Waals surface area (Å²) >= 11 is 0. The third-order valence-corrected chi connectivity index (χ3v) is 1.64. The third kappa shape index (κ3) is 6.82. The van der Waals surface area contributed by atoms with Crippen LogP contribution in [0.4, 0.5) is 0 Å². The summed E-state index contributed by atoms with van der Waals surface area (Å²) in [5, 5.41) is 5.75. The van der Waals surface area contributed by atoms with Crippen LogP contribution in [0.15, 0.2) is 0 Å². The van der Waals surface area contributed by atoms with Gasteiger partial charge in [0.05, 0.1) is 25.8 Å². The van der Waals surface area contributed by atoms with Crippen molar-refractivity contribution in [1.82, 2.24) is 10.6 Å². The largest absolute Gasteiger partial charge is 0.382 e. The Morgan fingerprint density at radius 1 is 1.29 bits per heavy atom. The molecule has 0 heterocycles. The van der Waals surface area contributed by atoms with Crippen molar-refractivity contribution in [2.24, 2.45) is 0 Å². The second kappa shape index (κ2) is 8.93. The summed E-state index contributed by atoms with van der Waals surface area (Å²) < 4.78 is 9.89. The van der Waals surface area contributed by atoms with Gasteiger partial charge in [-0.3, -0.25) is 4.79 Å². The summed E-state index contributed by atoms with van der Waals surface area (Å²) in [5.41, 5.74) is 0. The van der Waals surface area contributed by atoms with Crippen LogP contribution in [0.1, 0.15) is 6.92 Å². The number of carbonyl (C=O) groups is 1. The van der Waals surface area contributed by atoms with E-state index in [1.54, 1.807) is 14.2 Å². The van der Waals surface area contributed by atoms with Crippen molar-refractivity contribution in [3.8, 4) is 0 Å². The quantitative estimate of drug-likeness (QED) is 0.553. The van der Waals surface area contributed by atoms with Crippen LogP contribution < -0.4 is 10.6 Å². The molecule has 0 radical (unpaired) electrons. The molecule has 0 atom stereocenters. The standard InChI is InChI=1S/C9H20N2O3/c1-4-10-5-9(12)11-8(6-13-2)7-14-3/h8,10H,4-7H2,1-3H3,(H,11,12). The average Bonchev–Trinajstić information content (AvgIpc) is 2.15. The highest BCUT2D eigenvalue weighted by Gasteiger charge is 2.10. The smallest absolute Gasteiger partial charge is 0.234 e. The predicted molar refractivity (Wildman–Crippen MR) is 54.2 cm³/mol. The van der Waals surface area contributed by atoms with Crippen molar-refractivity contribution >= 4 is 5.91 Å². The van der Waals surface area contributed by atoms with Gasteiger partial charge >= 0.3 is 0 Å². The van der Waals surface area contributed by atoms with Crippen molar-refractivity contribution in [1.29, 1.82) is 0 Å². The van der Waals surface area contributed by atoms with Gasteiger partial charge in [0.1, 0.15) is 0 Å². The number of rotatable bonds is 8. The second-order valence-electron chi connectivity index (χ2n) is 2.96. The zero-order valence-corrected chi connectivity index (χ0v) is 9.13. The number of likely N-dealkylation sites (N-methyl/N-ethyl adjacent to an activating group) is 1. The fourth-order valence-corrected chi connectivity index (χ4v) is 1.05. The van der Waals surface area contributed by atoms with E-state index in [4.69, 9.17) is 9.47 Å². The maximum atomic E-state index is 11.3. The average molecular weight is 204 g/mol. The Hall–Kier alpha value is -0.650. The number of methoxy groups -OCH3 is 2. The summed E-state index contributed by atoms with van der Waals surface area (Å²) in [4.78, 5) is 11.3. The van der Waals surface area contributed by atoms with Crippen LogP contribution in [-0.2, 0) is 14.3 Å². The van der Waals surface area contributed by atoms with E-state index in [9.17, 15) is 4.79 Å². The molecule has 0 spiro atoms. The monoisotopic (exact) mass is 204 g/mol. The van der Waals surface area contributed by atoms with E-state index in [1.807, 2.05) is 6.92 Å². The van der Waals surface area contributed by atoms with Crippen LogP contribution in [0.25, 0.3) is 0 Å². The molecule has 5 heteroatoms. The highest BCUT2D eigenvalue weighted by atomic mass is 16.5. The maximum absolute atomic E-state index is 11.3. The van der Waals surface area contributed by atoms with E-state index < -0.39 is 0 Å². The Morgan fingerprint density at radius 3 is 2.29 bits per heavy atom. The maximum Gasteiger partial charge on any atom is 0.234 e. The van der Waals surface area contributed by atoms with Gasteiger partial charge in [0.2, 0.25) is 5.91 Å². The molecule has 1 amide bonds. The zero-order chi connectivity index (χ0) is 10.8. The topological polar surface area (TPSA) is 59.6 Å². The number of nitrogens with one attached hydrogen (secondary N) is 2. The second-order valence-corrected chi connectivity index (χ2v) is 2.96. The lowest BCUT2D eigenvalue weighted by Crippen LogP contribution is -2.44. The van der Waals surface area contributed by atoms with Gasteiger partial charge in [0, 0.05) is 14.2 Å². The van der Waals surface area contributed by atoms with Crippen molar-refractivity contribution in [3.05, 3.63) is 0 Å². The molecular weight excluding hydrogens is 184 g/mol. The van der Waals surface area contributed by atoms with Gasteiger partial charge < -0.3 is 20.1 Å². The first-order chi connectivity index (χ1) is 6.74. The lowest BCUT2D eigenvalue weighted by atomic mass is 10.3. The highest BCUT2D eigenvalue weighted by molar-refractivity contribution is 5.78. The Morgan fingerprint density at radius 2 is 1.86 bits per heavy atom. The molecule has 84 valence electrons. The van der Waals surface area contributed by atoms with E-state index >= 15 is 0 Å². The fourth-order valence-electron chi connectivity index (χ4n) is 1.05. The van der Waals surface area contributed by atoms with Crippen LogP contribution in [0.3, 0.4) is 0 Å². The lowest BCUT2D eigenvalue weighted by molar-refractivity contribution is -0.121. The molecule has 0 aromatic heterocycles. The summed E-state index contributed by atoms with van der Waals surface area (Å²) in [6.07, 6.45) is 0. The van der Waals surface area contributed by atoms with Gasteiger partial charge in [0.25, 0.3) is 0 Å². The summed E-state index contributed by atoms with van der Waals surface area (Å²) in [6.45, 7) is 4.00. The summed E-state index contributed by atoms with van der Waals surface area (Å²) in [7, 11) is 3.19. The molecule has 0 aliphatic heterocycles. The van der Waals surface area contributed by atoms with Crippen molar-refractivity contribution < 1.29 is 14.3 Å². The molecular formula is C9H20N2O3. The summed E-state index contributed by atoms with van der Waals surface area (Å²) in [5.74, 6) is -0.0362. The molecule has 14 heavy (non-hydrogen) atoms. The third-order valence-electron chi connectivity index (χ3n) is 1.64. The van der Waals surface area contributed by atoms with Crippen LogP contribution in [0, 0.1) is 0 Å². The lowest BCUT2D eigenvalue weighted by Gasteiger charge is -2.16. The van der Waals surface area contributed by atoms with E-state index in [2.05, 4.69) is 10.6 Å². The molecule has 0 aliphatic carbocycles. The minimum absolute atomic E-state index is 0.0362. The normalized spacial score (nSPS) is 10.6. The first kappa shape index (κ1) is 13.4. The Balaban J connectivity index is 3.71. The Labute approximate surface area is 85.1 Å². The minimum atomic E-state index is -0.0730. The molecule has 0 fully saturated rings. The molecule has 0 unspecified atom stereocenters. The molecule has 0 aliphatic rings. The summed E-state index contributed by atoms with van der Waals surface area (Å²) in [6, 6.07) is -0.0730. The van der Waals surface area contributed by atoms with Crippen molar-refractivity contribution in [2.45, 2.75) is 13.0 Å². The zero-order valence-electron chi connectivity index (χ0n) is 9.13. The van der Waals surface area contributed by atoms with Crippen LogP contribution in [0.2, 0.25) is 0 Å². The highest BCUT2D eigenvalue weighted by Crippen LogP contribution is 1.86. The molecule has 2 N–H and O–H groups in total. The number of hydrogen-bond acceptors (Lipinski definition) is 4. The van der Waals surface area contributed by atoms with Gasteiger partial charge in [-0.05, 0) is 6.54 Å². The van der Waals surface area contributed by atoms with Gasteiger partial charge in [-0.15, -0.1) is 0 Å². The number of hydrogen-bond donors (Lipinski definition) is 2. The molecule has 5 nitrogen and oxygen atoms in total. The first-order valence-corrected chi connectivity index (χ1v) is 4.72. The van der Waals surface area contributed by atoms with Gasteiger partial charge in [-0.2, -0.15) is 0 Å². The Bertz CT molecular complexity index is 147. The van der Waals surface area contributed by atoms with Gasteiger partial charge in [0.15, 0.2) is 0 Å². The molecule has 0 bridgehead atoms. The van der Waals surface area contributed by atoms with E-state index in [-0.39, 0.29) is 11.9 Å². The van der Waals surface area contributed by atoms with E-state index in [0.717, 1.165) is 6.54 Å². The number of amides is 1. The SMILES string of the molecule is CCNCC(=O)NC(COC)COC. The van der Waals surface area contributed by atoms with Crippen LogP contribution >= 0.6 is 0 Å².